The Balaban J connectivity index is 2.50. The van der Waals surface area contributed by atoms with Crippen molar-refractivity contribution in [1.82, 2.24) is 5.48 Å². The summed E-state index contributed by atoms with van der Waals surface area (Å²) in [5.74, 6) is 0. The van der Waals surface area contributed by atoms with Crippen LogP contribution in [0.3, 0.4) is 0 Å². The van der Waals surface area contributed by atoms with E-state index in [2.05, 4.69) is 10.3 Å². The molecule has 0 saturated heterocycles. The van der Waals surface area contributed by atoms with Gasteiger partial charge in [0.15, 0.2) is 7.85 Å². The molecular formula is C4H6BNO. The summed E-state index contributed by atoms with van der Waals surface area (Å²) in [7, 11) is 5.20. The lowest BCUT2D eigenvalue weighted by atomic mass is 10.1. The zero-order chi connectivity index (χ0) is 5.28. The highest BCUT2D eigenvalue weighted by atomic mass is 16.7. The molecule has 0 bridgehead atoms. The zero-order valence-corrected chi connectivity index (χ0v) is 4.14. The molecule has 36 valence electrons. The zero-order valence-electron chi connectivity index (χ0n) is 4.14. The van der Waals surface area contributed by atoms with Gasteiger partial charge in [0.05, 0.1) is 11.7 Å². The Morgan fingerprint density at radius 1 is 2.00 bits per heavy atom. The molecule has 1 aliphatic rings. The Hall–Kier alpha value is -0.435. The quantitative estimate of drug-likeness (QED) is 0.425. The molecule has 0 fully saturated rings. The maximum Gasteiger partial charge on any atom is 0.170 e. The van der Waals surface area contributed by atoms with Gasteiger partial charge < -0.3 is 4.84 Å². The summed E-state index contributed by atoms with van der Waals surface area (Å²) < 4.78 is 0. The van der Waals surface area contributed by atoms with Crippen LogP contribution in [-0.4, -0.2) is 13.9 Å². The molecule has 0 amide bonds. The van der Waals surface area contributed by atoms with Crippen LogP contribution in [0.4, 0.5) is 0 Å². The molecule has 2 nitrogen and oxygen atoms in total. The Labute approximate surface area is 43.9 Å². The van der Waals surface area contributed by atoms with E-state index < -0.39 is 0 Å². The fourth-order valence-corrected chi connectivity index (χ4v) is 0.475. The van der Waals surface area contributed by atoms with Gasteiger partial charge in [0, 0.05) is 0 Å². The summed E-state index contributed by atoms with van der Waals surface area (Å²) in [6.07, 6.45) is 1.81. The van der Waals surface area contributed by atoms with Crippen molar-refractivity contribution >= 4 is 7.85 Å². The van der Waals surface area contributed by atoms with Gasteiger partial charge >= 0.3 is 0 Å². The normalized spacial score (nSPS) is 29.3. The Bertz CT molecular complexity index is 102. The van der Waals surface area contributed by atoms with E-state index in [0.29, 0.717) is 5.66 Å². The standard InChI is InChI=1S/C4H6BNO/c1-3-2-4(5)7-6-3/h2-3,6H,1H3. The van der Waals surface area contributed by atoms with Crippen molar-refractivity contribution < 1.29 is 4.84 Å². The number of hydroxylamine groups is 1. The van der Waals surface area contributed by atoms with E-state index in [-0.39, 0.29) is 6.04 Å². The van der Waals surface area contributed by atoms with Gasteiger partial charge in [-0.2, -0.15) is 5.48 Å². The first-order valence-corrected chi connectivity index (χ1v) is 2.18. The van der Waals surface area contributed by atoms with Crippen LogP contribution in [0.15, 0.2) is 11.7 Å². The molecule has 1 aliphatic heterocycles. The minimum atomic E-state index is 0.264. The molecule has 1 rings (SSSR count). The van der Waals surface area contributed by atoms with Crippen LogP contribution in [0.1, 0.15) is 6.92 Å². The molecule has 2 radical (unpaired) electrons. The van der Waals surface area contributed by atoms with E-state index in [4.69, 9.17) is 7.85 Å². The van der Waals surface area contributed by atoms with Crippen molar-refractivity contribution in [2.75, 3.05) is 0 Å². The third kappa shape index (κ3) is 0.964. The molecule has 0 aromatic rings. The predicted octanol–water partition coefficient (Wildman–Crippen LogP) is -0.0804. The van der Waals surface area contributed by atoms with Gasteiger partial charge in [-0.1, -0.05) is 0 Å². The molecule has 1 unspecified atom stereocenters. The van der Waals surface area contributed by atoms with Crippen LogP contribution in [0.2, 0.25) is 0 Å². The first kappa shape index (κ1) is 4.72. The van der Waals surface area contributed by atoms with Crippen molar-refractivity contribution in [3.63, 3.8) is 0 Å². The van der Waals surface area contributed by atoms with E-state index in [9.17, 15) is 0 Å². The minimum absolute atomic E-state index is 0.264. The topological polar surface area (TPSA) is 21.3 Å². The number of nitrogens with one attached hydrogen (secondary N) is 1. The lowest BCUT2D eigenvalue weighted by Gasteiger charge is -1.96. The molecule has 7 heavy (non-hydrogen) atoms. The molecule has 0 saturated carbocycles. The fraction of sp³-hybridized carbons (Fsp3) is 0.500. The van der Waals surface area contributed by atoms with Crippen LogP contribution >= 0.6 is 0 Å². The van der Waals surface area contributed by atoms with E-state index in [1.165, 1.54) is 0 Å². The second-order valence-electron chi connectivity index (χ2n) is 1.58. The first-order chi connectivity index (χ1) is 3.29. The number of hydrogen-bond donors (Lipinski definition) is 1. The molecule has 0 aromatic heterocycles. The van der Waals surface area contributed by atoms with Crippen LogP contribution in [0, 0.1) is 0 Å². The molecule has 0 aliphatic carbocycles. The fourth-order valence-electron chi connectivity index (χ4n) is 0.475. The highest BCUT2D eigenvalue weighted by Gasteiger charge is 2.04. The monoisotopic (exact) mass is 95.1 g/mol. The molecule has 1 N–H and O–H groups in total. The van der Waals surface area contributed by atoms with Gasteiger partial charge in [-0.05, 0) is 13.0 Å². The average molecular weight is 94.9 g/mol. The van der Waals surface area contributed by atoms with Crippen LogP contribution in [0.5, 0.6) is 0 Å². The summed E-state index contributed by atoms with van der Waals surface area (Å²) in [5.41, 5.74) is 3.12. The summed E-state index contributed by atoms with van der Waals surface area (Å²) in [5, 5.41) is 0. The van der Waals surface area contributed by atoms with Gasteiger partial charge in [-0.25, -0.2) is 0 Å². The SMILES string of the molecule is [B]C1=CC(C)NO1. The van der Waals surface area contributed by atoms with E-state index in [1.807, 2.05) is 6.92 Å². The Morgan fingerprint density at radius 2 is 2.71 bits per heavy atom. The summed E-state index contributed by atoms with van der Waals surface area (Å²) >= 11 is 0. The van der Waals surface area contributed by atoms with Crippen molar-refractivity contribution in [2.45, 2.75) is 13.0 Å². The van der Waals surface area contributed by atoms with Crippen molar-refractivity contribution in [1.29, 1.82) is 0 Å². The second-order valence-corrected chi connectivity index (χ2v) is 1.58. The maximum atomic E-state index is 5.20. The Morgan fingerprint density at radius 3 is 2.86 bits per heavy atom. The van der Waals surface area contributed by atoms with Crippen molar-refractivity contribution in [3.8, 4) is 0 Å². The van der Waals surface area contributed by atoms with E-state index in [1.54, 1.807) is 6.08 Å². The number of hydrogen-bond acceptors (Lipinski definition) is 2. The first-order valence-electron chi connectivity index (χ1n) is 2.18. The van der Waals surface area contributed by atoms with Gasteiger partial charge in [0.1, 0.15) is 0 Å². The van der Waals surface area contributed by atoms with Gasteiger partial charge in [-0.3, -0.25) is 0 Å². The van der Waals surface area contributed by atoms with Crippen LogP contribution in [-0.2, 0) is 4.84 Å². The molecular weight excluding hydrogens is 88.9 g/mol. The maximum absolute atomic E-state index is 5.20. The van der Waals surface area contributed by atoms with Crippen LogP contribution in [0.25, 0.3) is 0 Å². The summed E-state index contributed by atoms with van der Waals surface area (Å²) in [6, 6.07) is 0.264. The molecule has 0 spiro atoms. The molecule has 3 heteroatoms. The van der Waals surface area contributed by atoms with Gasteiger partial charge in [-0.15, -0.1) is 0 Å². The van der Waals surface area contributed by atoms with E-state index >= 15 is 0 Å². The Kier molecular flexibility index (Phi) is 1.07. The third-order valence-corrected chi connectivity index (χ3v) is 0.777. The highest BCUT2D eigenvalue weighted by molar-refractivity contribution is 6.20. The smallest absolute Gasteiger partial charge is 0.170 e. The highest BCUT2D eigenvalue weighted by Crippen LogP contribution is 2.00. The molecule has 1 atom stereocenters. The average Bonchev–Trinajstić information content (AvgIpc) is 1.87. The summed E-state index contributed by atoms with van der Waals surface area (Å²) in [6.45, 7) is 1.96. The summed E-state index contributed by atoms with van der Waals surface area (Å²) in [4.78, 5) is 4.65. The van der Waals surface area contributed by atoms with Crippen molar-refractivity contribution in [2.24, 2.45) is 0 Å². The molecule has 0 aromatic carbocycles. The lowest BCUT2D eigenvalue weighted by molar-refractivity contribution is 0.137. The van der Waals surface area contributed by atoms with Crippen LogP contribution < -0.4 is 5.48 Å². The number of rotatable bonds is 0. The predicted molar refractivity (Wildman–Crippen MR) is 27.5 cm³/mol. The second kappa shape index (κ2) is 1.58. The van der Waals surface area contributed by atoms with Gasteiger partial charge in [0.2, 0.25) is 0 Å². The minimum Gasteiger partial charge on any atom is -0.425 e. The largest absolute Gasteiger partial charge is 0.425 e. The van der Waals surface area contributed by atoms with Crippen molar-refractivity contribution in [3.05, 3.63) is 11.7 Å². The van der Waals surface area contributed by atoms with Gasteiger partial charge in [0.25, 0.3) is 0 Å². The van der Waals surface area contributed by atoms with E-state index in [0.717, 1.165) is 0 Å². The molecule has 1 heterocycles. The lowest BCUT2D eigenvalue weighted by Crippen LogP contribution is -2.15. The third-order valence-electron chi connectivity index (χ3n) is 0.777.